The predicted octanol–water partition coefficient (Wildman–Crippen LogP) is 26.5. The quantitative estimate of drug-likeness (QED) is 0.102. The van der Waals surface area contributed by atoms with E-state index in [0.29, 0.717) is 0 Å². The summed E-state index contributed by atoms with van der Waals surface area (Å²) in [5.74, 6) is 0. The number of rotatable bonds is 15. The first kappa shape index (κ1) is 59.2. The van der Waals surface area contributed by atoms with Crippen molar-refractivity contribution in [3.63, 3.8) is 0 Å². The molecule has 470 valence electrons. The Labute approximate surface area is 582 Å². The van der Waals surface area contributed by atoms with Gasteiger partial charge < -0.3 is 18.9 Å². The molecule has 0 atom stereocenters. The summed E-state index contributed by atoms with van der Waals surface area (Å²) in [6.07, 6.45) is 0. The first-order valence-corrected chi connectivity index (χ1v) is 34.3. The standard InChI is InChI=1S/C96H66N4/c1-6-21-67(22-7-1)70-39-50-83(51-40-70)97(84-52-41-71(42-53-84)68-23-8-2-9-24-68)87-35-19-29-76(62-87)78-49-60-94-92(64-78)91-59-48-79(65-96(91)100(94)82-33-14-5-15-34-82)75-28-18-27-74(61-75)73-45-56-86(57-46-73)98(85-54-43-72(44-55-85)69-25-10-3-11-26-69)88-36-20-30-77(63-88)80-47-58-90-89-37-16-17-38-93(89)99(95(90)66-80)81-31-12-4-13-32-81/h1-66H. The molecule has 0 radical (unpaired) electrons. The van der Waals surface area contributed by atoms with Crippen molar-refractivity contribution in [1.29, 1.82) is 0 Å². The number of aromatic nitrogens is 2. The molecule has 0 unspecified atom stereocenters. The molecule has 0 N–H and O–H groups in total. The van der Waals surface area contributed by atoms with Gasteiger partial charge in [-0.05, 0) is 211 Å². The van der Waals surface area contributed by atoms with Crippen molar-refractivity contribution in [3.05, 3.63) is 400 Å². The van der Waals surface area contributed by atoms with Crippen LogP contribution in [0.5, 0.6) is 0 Å². The molecule has 0 fully saturated rings. The lowest BCUT2D eigenvalue weighted by Gasteiger charge is -2.26. The molecular weight excluding hydrogens is 1210 g/mol. The summed E-state index contributed by atoms with van der Waals surface area (Å²) < 4.78 is 4.82. The molecule has 0 saturated heterocycles. The molecule has 2 heterocycles. The number of anilines is 6. The second kappa shape index (κ2) is 25.7. The smallest absolute Gasteiger partial charge is 0.0547 e. The number of hydrogen-bond donors (Lipinski definition) is 0. The second-order valence-electron chi connectivity index (χ2n) is 25.7. The number of hydrogen-bond acceptors (Lipinski definition) is 2. The average molecular weight is 1280 g/mol. The van der Waals surface area contributed by atoms with Gasteiger partial charge >= 0.3 is 0 Å². The summed E-state index contributed by atoms with van der Waals surface area (Å²) in [6, 6.07) is 146. The second-order valence-corrected chi connectivity index (χ2v) is 25.7. The van der Waals surface area contributed by atoms with E-state index in [9.17, 15) is 0 Å². The molecule has 18 rings (SSSR count). The maximum absolute atomic E-state index is 2.43. The Morgan fingerprint density at radius 2 is 0.410 bits per heavy atom. The van der Waals surface area contributed by atoms with E-state index in [2.05, 4.69) is 419 Å². The Bertz CT molecular complexity index is 5880. The van der Waals surface area contributed by atoms with Crippen LogP contribution >= 0.6 is 0 Å². The molecule has 0 aliphatic heterocycles. The van der Waals surface area contributed by atoms with Gasteiger partial charge in [0.15, 0.2) is 0 Å². The molecule has 100 heavy (non-hydrogen) atoms. The van der Waals surface area contributed by atoms with E-state index in [-0.39, 0.29) is 0 Å². The van der Waals surface area contributed by atoms with Crippen LogP contribution in [-0.2, 0) is 0 Å². The van der Waals surface area contributed by atoms with Crippen LogP contribution in [0.4, 0.5) is 34.1 Å². The van der Waals surface area contributed by atoms with Crippen molar-refractivity contribution in [3.8, 4) is 89.3 Å². The highest BCUT2D eigenvalue weighted by molar-refractivity contribution is 6.12. The Hall–Kier alpha value is -13.3. The molecule has 0 saturated carbocycles. The Morgan fingerprint density at radius 3 is 0.840 bits per heavy atom. The van der Waals surface area contributed by atoms with Crippen molar-refractivity contribution < 1.29 is 0 Å². The van der Waals surface area contributed by atoms with Crippen molar-refractivity contribution in [2.24, 2.45) is 0 Å². The van der Waals surface area contributed by atoms with Crippen molar-refractivity contribution >= 4 is 77.7 Å². The van der Waals surface area contributed by atoms with E-state index in [4.69, 9.17) is 0 Å². The van der Waals surface area contributed by atoms with Gasteiger partial charge in [-0.3, -0.25) is 0 Å². The highest BCUT2D eigenvalue weighted by Gasteiger charge is 2.21. The monoisotopic (exact) mass is 1270 g/mol. The lowest BCUT2D eigenvalue weighted by Crippen LogP contribution is -2.10. The van der Waals surface area contributed by atoms with E-state index in [1.54, 1.807) is 0 Å². The molecule has 4 nitrogen and oxygen atoms in total. The van der Waals surface area contributed by atoms with Crippen LogP contribution in [0.2, 0.25) is 0 Å². The molecule has 18 aromatic rings. The van der Waals surface area contributed by atoms with Gasteiger partial charge in [0.2, 0.25) is 0 Å². The van der Waals surface area contributed by atoms with Crippen LogP contribution in [0.3, 0.4) is 0 Å². The number of fused-ring (bicyclic) bond motifs is 6. The summed E-state index contributed by atoms with van der Waals surface area (Å²) in [6.45, 7) is 0. The van der Waals surface area contributed by atoms with Gasteiger partial charge in [-0.15, -0.1) is 0 Å². The molecule has 16 aromatic carbocycles. The largest absolute Gasteiger partial charge is 0.310 e. The summed E-state index contributed by atoms with van der Waals surface area (Å²) in [5.41, 5.74) is 29.7. The van der Waals surface area contributed by atoms with Crippen LogP contribution in [0, 0.1) is 0 Å². The van der Waals surface area contributed by atoms with Gasteiger partial charge in [-0.2, -0.15) is 0 Å². The number of benzene rings is 16. The van der Waals surface area contributed by atoms with E-state index < -0.39 is 0 Å². The zero-order chi connectivity index (χ0) is 66.3. The van der Waals surface area contributed by atoms with E-state index in [1.807, 2.05) is 0 Å². The molecule has 4 heteroatoms. The van der Waals surface area contributed by atoms with Crippen LogP contribution in [0.25, 0.3) is 133 Å². The molecule has 2 aromatic heterocycles. The third-order valence-corrected chi connectivity index (χ3v) is 19.7. The Kier molecular flexibility index (Phi) is 15.2. The third-order valence-electron chi connectivity index (χ3n) is 19.7. The highest BCUT2D eigenvalue weighted by Crippen LogP contribution is 2.44. The molecule has 0 bridgehead atoms. The maximum atomic E-state index is 2.43. The number of para-hydroxylation sites is 3. The van der Waals surface area contributed by atoms with Crippen molar-refractivity contribution in [2.45, 2.75) is 0 Å². The third kappa shape index (κ3) is 11.2. The van der Waals surface area contributed by atoms with Gasteiger partial charge in [0.25, 0.3) is 0 Å². The summed E-state index contributed by atoms with van der Waals surface area (Å²) in [4.78, 5) is 4.75. The van der Waals surface area contributed by atoms with Gasteiger partial charge in [0.05, 0.1) is 22.1 Å². The molecule has 0 aliphatic carbocycles. The molecule has 0 spiro atoms. The van der Waals surface area contributed by atoms with Crippen LogP contribution in [-0.4, -0.2) is 9.13 Å². The van der Waals surface area contributed by atoms with Crippen LogP contribution in [0.15, 0.2) is 400 Å². The Balaban J connectivity index is 0.681. The minimum atomic E-state index is 1.07. The summed E-state index contributed by atoms with van der Waals surface area (Å²) in [7, 11) is 0. The molecule has 0 amide bonds. The van der Waals surface area contributed by atoms with Gasteiger partial charge in [-0.25, -0.2) is 0 Å². The first-order valence-electron chi connectivity index (χ1n) is 34.3. The SMILES string of the molecule is c1ccc(-c2ccc(N(c3ccc(-c4ccccc4)cc3)c3cccc(-c4ccc5c(c4)c4ccc(-c6cccc(-c7ccc(N(c8ccc(-c9ccccc9)cc8)c8cccc(-c9ccc%10c%11ccccc%11n(-c%11ccccc%11)c%10c9)c8)cc7)c6)cc4n5-c4ccccc4)c3)cc2)cc1. The fraction of sp³-hybridized carbons (Fsp3) is 0. The van der Waals surface area contributed by atoms with Gasteiger partial charge in [0.1, 0.15) is 0 Å². The summed E-state index contributed by atoms with van der Waals surface area (Å²) in [5, 5.41) is 4.88. The van der Waals surface area contributed by atoms with Crippen LogP contribution < -0.4 is 9.80 Å². The number of nitrogens with zero attached hydrogens (tertiary/aromatic N) is 4. The van der Waals surface area contributed by atoms with Crippen LogP contribution in [0.1, 0.15) is 0 Å². The fourth-order valence-electron chi connectivity index (χ4n) is 14.8. The van der Waals surface area contributed by atoms with Crippen molar-refractivity contribution in [2.75, 3.05) is 9.80 Å². The topological polar surface area (TPSA) is 16.3 Å². The van der Waals surface area contributed by atoms with E-state index in [1.165, 1.54) is 66.0 Å². The summed E-state index contributed by atoms with van der Waals surface area (Å²) >= 11 is 0. The zero-order valence-corrected chi connectivity index (χ0v) is 54.9. The van der Waals surface area contributed by atoms with Gasteiger partial charge in [-0.1, -0.05) is 267 Å². The molecule has 0 aliphatic rings. The predicted molar refractivity (Wildman–Crippen MR) is 423 cm³/mol. The van der Waals surface area contributed by atoms with E-state index >= 15 is 0 Å². The first-order chi connectivity index (χ1) is 49.6. The molecular formula is C96H66N4. The minimum Gasteiger partial charge on any atom is -0.310 e. The normalized spacial score (nSPS) is 11.4. The zero-order valence-electron chi connectivity index (χ0n) is 54.9. The van der Waals surface area contributed by atoms with Gasteiger partial charge in [0, 0.05) is 67.0 Å². The van der Waals surface area contributed by atoms with E-state index in [0.717, 1.165) is 101 Å². The fourth-order valence-corrected chi connectivity index (χ4v) is 14.8. The lowest BCUT2D eigenvalue weighted by molar-refractivity contribution is 1.18. The van der Waals surface area contributed by atoms with Crippen molar-refractivity contribution in [1.82, 2.24) is 9.13 Å². The Morgan fingerprint density at radius 1 is 0.140 bits per heavy atom. The highest BCUT2D eigenvalue weighted by atomic mass is 15.1. The lowest BCUT2D eigenvalue weighted by atomic mass is 9.97. The average Bonchev–Trinajstić information content (AvgIpc) is 1.58. The maximum Gasteiger partial charge on any atom is 0.0547 e. The minimum absolute atomic E-state index is 1.07.